The molecule has 0 saturated heterocycles. The van der Waals surface area contributed by atoms with E-state index in [4.69, 9.17) is 2.74 Å². The molecule has 0 heteroatoms. The van der Waals surface area contributed by atoms with Crippen LogP contribution < -0.4 is 0 Å². The Hall–Kier alpha value is -0.520. The lowest BCUT2D eigenvalue weighted by Crippen LogP contribution is -1.87. The molecular formula is C7H10. The van der Waals surface area contributed by atoms with Crippen LogP contribution in [0.4, 0.5) is 0 Å². The molecule has 7 heavy (non-hydrogen) atoms. The first-order chi connectivity index (χ1) is 4.13. The fourth-order valence-electron chi connectivity index (χ4n) is 0.534. The van der Waals surface area contributed by atoms with Crippen LogP contribution in [0.15, 0.2) is 24.3 Å². The van der Waals surface area contributed by atoms with Crippen LogP contribution in [0.2, 0.25) is 0 Å². The number of rotatable bonds is 0. The van der Waals surface area contributed by atoms with Crippen molar-refractivity contribution in [2.45, 2.75) is 13.3 Å². The Kier molecular flexibility index (Phi) is 0.760. The van der Waals surface area contributed by atoms with Gasteiger partial charge in [-0.05, 0) is 12.3 Å². The molecule has 2 unspecified atom stereocenters. The molecule has 0 aromatic heterocycles. The summed E-state index contributed by atoms with van der Waals surface area (Å²) < 4.78 is 14.9. The molecule has 0 aromatic carbocycles. The van der Waals surface area contributed by atoms with Gasteiger partial charge in [0.1, 0.15) is 0 Å². The third-order valence-electron chi connectivity index (χ3n) is 0.940. The lowest BCUT2D eigenvalue weighted by atomic mass is 10.0. The molecule has 0 aromatic rings. The van der Waals surface area contributed by atoms with Crippen LogP contribution in [0.25, 0.3) is 0 Å². The highest BCUT2D eigenvalue weighted by Crippen LogP contribution is 2.08. The van der Waals surface area contributed by atoms with Crippen molar-refractivity contribution in [3.8, 4) is 0 Å². The summed E-state index contributed by atoms with van der Waals surface area (Å²) in [7, 11) is 0. The molecule has 0 heterocycles. The van der Waals surface area contributed by atoms with E-state index in [1.165, 1.54) is 0 Å². The maximum atomic E-state index is 7.51. The predicted octanol–water partition coefficient (Wildman–Crippen LogP) is 2.14. The Morgan fingerprint density at radius 1 is 1.86 bits per heavy atom. The molecule has 0 N–H and O–H groups in total. The van der Waals surface area contributed by atoms with Crippen molar-refractivity contribution in [3.63, 3.8) is 0 Å². The van der Waals surface area contributed by atoms with E-state index in [0.717, 1.165) is 0 Å². The first-order valence-corrected chi connectivity index (χ1v) is 2.41. The molecule has 0 fully saturated rings. The van der Waals surface area contributed by atoms with Gasteiger partial charge in [-0.15, -0.1) is 0 Å². The van der Waals surface area contributed by atoms with Gasteiger partial charge in [0.15, 0.2) is 0 Å². The maximum absolute atomic E-state index is 7.51. The third-order valence-corrected chi connectivity index (χ3v) is 0.940. The van der Waals surface area contributed by atoms with Crippen molar-refractivity contribution in [2.75, 3.05) is 0 Å². The summed E-state index contributed by atoms with van der Waals surface area (Å²) in [6, 6.07) is 0. The summed E-state index contributed by atoms with van der Waals surface area (Å²) in [6.45, 7) is 1.74. The summed E-state index contributed by atoms with van der Waals surface area (Å²) in [5, 5.41) is 0. The molecule has 0 radical (unpaired) electrons. The van der Waals surface area contributed by atoms with E-state index in [-0.39, 0.29) is 0 Å². The Labute approximate surface area is 47.4 Å². The first-order valence-electron chi connectivity index (χ1n) is 3.49. The second-order valence-corrected chi connectivity index (χ2v) is 1.65. The zero-order valence-electron chi connectivity index (χ0n) is 6.39. The maximum Gasteiger partial charge on any atom is 0.0346 e. The van der Waals surface area contributed by atoms with Gasteiger partial charge >= 0.3 is 0 Å². The highest BCUT2D eigenvalue weighted by Gasteiger charge is 1.93. The van der Waals surface area contributed by atoms with E-state index in [9.17, 15) is 0 Å². The lowest BCUT2D eigenvalue weighted by molar-refractivity contribution is 0.737. The van der Waals surface area contributed by atoms with Crippen LogP contribution in [-0.4, -0.2) is 0 Å². The van der Waals surface area contributed by atoms with Crippen molar-refractivity contribution in [2.24, 2.45) is 5.89 Å². The van der Waals surface area contributed by atoms with E-state index in [1.54, 1.807) is 19.1 Å². The monoisotopic (exact) mass is 96.1 g/mol. The van der Waals surface area contributed by atoms with Crippen molar-refractivity contribution in [3.05, 3.63) is 24.3 Å². The smallest absolute Gasteiger partial charge is 0.0346 e. The minimum absolute atomic E-state index is 0.400. The molecular weight excluding hydrogens is 84.1 g/mol. The van der Waals surface area contributed by atoms with Crippen LogP contribution in [0.3, 0.4) is 0 Å². The summed E-state index contributed by atoms with van der Waals surface area (Å²) in [5.41, 5.74) is 0. The van der Waals surface area contributed by atoms with Gasteiger partial charge in [0, 0.05) is 2.74 Å². The third kappa shape index (κ3) is 1.19. The van der Waals surface area contributed by atoms with Crippen molar-refractivity contribution in [1.29, 1.82) is 0 Å². The van der Waals surface area contributed by atoms with E-state index in [0.29, 0.717) is 0 Å². The van der Waals surface area contributed by atoms with E-state index in [2.05, 4.69) is 0 Å². The molecule has 0 amide bonds. The molecule has 0 bridgehead atoms. The topological polar surface area (TPSA) is 0 Å². The molecule has 0 saturated carbocycles. The number of hydrogen-bond acceptors (Lipinski definition) is 0. The first kappa shape index (κ1) is 2.71. The summed E-state index contributed by atoms with van der Waals surface area (Å²) in [5.74, 6) is -0.714. The molecule has 0 nitrogen and oxygen atoms in total. The summed E-state index contributed by atoms with van der Waals surface area (Å²) in [6.07, 6.45) is 6.70. The van der Waals surface area contributed by atoms with Crippen LogP contribution >= 0.6 is 0 Å². The van der Waals surface area contributed by atoms with Gasteiger partial charge in [0.25, 0.3) is 0 Å². The average molecular weight is 96.2 g/mol. The van der Waals surface area contributed by atoms with Gasteiger partial charge in [-0.1, -0.05) is 31.2 Å². The predicted molar refractivity (Wildman–Crippen MR) is 32.1 cm³/mol. The average Bonchev–Trinajstić information content (AvgIpc) is 1.77. The Morgan fingerprint density at radius 2 is 2.71 bits per heavy atom. The molecule has 1 aliphatic rings. The quantitative estimate of drug-likeness (QED) is 0.433. The largest absolute Gasteiger partial charge is 0.0840 e. The Bertz CT molecular complexity index is 156. The van der Waals surface area contributed by atoms with Crippen LogP contribution in [-0.2, 0) is 0 Å². The van der Waals surface area contributed by atoms with E-state index in [1.807, 2.05) is 12.2 Å². The van der Waals surface area contributed by atoms with Crippen LogP contribution in [0.1, 0.15) is 16.1 Å². The summed E-state index contributed by atoms with van der Waals surface area (Å²) in [4.78, 5) is 0. The Balaban J connectivity index is 2.78. The highest BCUT2D eigenvalue weighted by molar-refractivity contribution is 5.09. The molecule has 1 aliphatic carbocycles. The second-order valence-electron chi connectivity index (χ2n) is 1.65. The van der Waals surface area contributed by atoms with Gasteiger partial charge in [-0.25, -0.2) is 0 Å². The summed E-state index contributed by atoms with van der Waals surface area (Å²) >= 11 is 0. The fourth-order valence-corrected chi connectivity index (χ4v) is 0.534. The highest BCUT2D eigenvalue weighted by atomic mass is 14.0. The molecule has 0 spiro atoms. The zero-order valence-corrected chi connectivity index (χ0v) is 4.39. The zero-order chi connectivity index (χ0) is 6.91. The van der Waals surface area contributed by atoms with Crippen molar-refractivity contribution < 1.29 is 2.74 Å². The van der Waals surface area contributed by atoms with Gasteiger partial charge < -0.3 is 0 Å². The Morgan fingerprint density at radius 3 is 3.14 bits per heavy atom. The van der Waals surface area contributed by atoms with E-state index < -0.39 is 12.3 Å². The molecule has 2 atom stereocenters. The number of allylic oxidation sites excluding steroid dienone is 4. The van der Waals surface area contributed by atoms with Crippen LogP contribution in [0, 0.1) is 5.89 Å². The van der Waals surface area contributed by atoms with E-state index >= 15 is 0 Å². The SMILES string of the molecule is [2H]C1C=CC=CC1([2H])C. The molecule has 38 valence electrons. The van der Waals surface area contributed by atoms with Crippen molar-refractivity contribution in [1.82, 2.24) is 0 Å². The molecule has 0 aliphatic heterocycles. The van der Waals surface area contributed by atoms with Gasteiger partial charge in [-0.2, -0.15) is 0 Å². The van der Waals surface area contributed by atoms with Gasteiger partial charge in [0.05, 0.1) is 0 Å². The van der Waals surface area contributed by atoms with Gasteiger partial charge in [0.2, 0.25) is 0 Å². The fraction of sp³-hybridized carbons (Fsp3) is 0.429. The lowest BCUT2D eigenvalue weighted by Gasteiger charge is -2.02. The van der Waals surface area contributed by atoms with Crippen molar-refractivity contribution >= 4 is 0 Å². The minimum Gasteiger partial charge on any atom is -0.0840 e. The standard InChI is InChI=1S/C7H10/c1-7-5-3-2-4-6-7/h2-5,7H,6H2,1H3/i6D,7D. The molecule has 1 rings (SSSR count). The second kappa shape index (κ2) is 1.97. The minimum atomic E-state index is -0.714. The normalized spacial score (nSPS) is 53.6. The van der Waals surface area contributed by atoms with Gasteiger partial charge in [-0.3, -0.25) is 0 Å². The van der Waals surface area contributed by atoms with Crippen LogP contribution in [0.5, 0.6) is 0 Å². The number of hydrogen-bond donors (Lipinski definition) is 0.